The number of halogens is 2. The van der Waals surface area contributed by atoms with Gasteiger partial charge in [0, 0.05) is 14.1 Å². The van der Waals surface area contributed by atoms with Gasteiger partial charge < -0.3 is 9.74 Å². The van der Waals surface area contributed by atoms with E-state index in [2.05, 4.69) is 9.99 Å². The van der Waals surface area contributed by atoms with E-state index in [0.29, 0.717) is 0 Å². The minimum atomic E-state index is -0.637. The highest BCUT2D eigenvalue weighted by molar-refractivity contribution is 6.77. The summed E-state index contributed by atoms with van der Waals surface area (Å²) in [6.45, 7) is 0. The molecule has 0 aliphatic rings. The lowest BCUT2D eigenvalue weighted by Gasteiger charge is -1.93. The number of hydrogen-bond acceptors (Lipinski definition) is 4. The minimum Gasteiger partial charge on any atom is -0.399 e. The van der Waals surface area contributed by atoms with Crippen molar-refractivity contribution in [1.29, 1.82) is 0 Å². The first-order chi connectivity index (χ1) is 5.54. The Hall–Kier alpha value is -0.810. The molecule has 0 atom stereocenters. The molecule has 0 fully saturated rings. The van der Waals surface area contributed by atoms with Gasteiger partial charge >= 0.3 is 0 Å². The summed E-state index contributed by atoms with van der Waals surface area (Å²) in [6.07, 6.45) is 1.63. The normalized spacial score (nSPS) is 7.69. The molecule has 0 bridgehead atoms. The zero-order chi connectivity index (χ0) is 9.98. The zero-order valence-corrected chi connectivity index (χ0v) is 9.13. The third-order valence-corrected chi connectivity index (χ3v) is 0.568. The van der Waals surface area contributed by atoms with Crippen molar-refractivity contribution in [3.8, 4) is 0 Å². The van der Waals surface area contributed by atoms with Crippen LogP contribution in [0.3, 0.4) is 0 Å². The zero-order valence-electron chi connectivity index (χ0n) is 7.56. The summed E-state index contributed by atoms with van der Waals surface area (Å²) in [5.74, 6) is 0. The molecule has 5 nitrogen and oxygen atoms in total. The lowest BCUT2D eigenvalue weighted by molar-refractivity contribution is -0.116. The molecule has 0 heterocycles. The molecule has 0 aromatic carbocycles. The van der Waals surface area contributed by atoms with Crippen molar-refractivity contribution in [2.24, 2.45) is 5.16 Å². The SMILES string of the molecule is CN(C)C=O.CON=CC(=O)Cl.Cl. The van der Waals surface area contributed by atoms with Gasteiger partial charge in [0.15, 0.2) is 0 Å². The molecule has 0 saturated carbocycles. The number of carbonyl (C=O) groups is 2. The van der Waals surface area contributed by atoms with Crippen LogP contribution in [0.4, 0.5) is 0 Å². The Morgan fingerprint density at radius 3 is 2.00 bits per heavy atom. The van der Waals surface area contributed by atoms with Crippen LogP contribution in [-0.2, 0) is 14.4 Å². The summed E-state index contributed by atoms with van der Waals surface area (Å²) in [5, 5.41) is 2.43. The van der Waals surface area contributed by atoms with Crippen LogP contribution in [0.5, 0.6) is 0 Å². The molecule has 0 saturated heterocycles. The first kappa shape index (κ1) is 18.1. The van der Waals surface area contributed by atoms with Gasteiger partial charge in [0.05, 0.1) is 0 Å². The van der Waals surface area contributed by atoms with Crippen LogP contribution in [-0.4, -0.2) is 44.0 Å². The monoisotopic (exact) mass is 230 g/mol. The van der Waals surface area contributed by atoms with Crippen LogP contribution in [0.25, 0.3) is 0 Å². The van der Waals surface area contributed by atoms with E-state index >= 15 is 0 Å². The molecule has 7 heteroatoms. The van der Waals surface area contributed by atoms with Gasteiger partial charge in [0.25, 0.3) is 5.24 Å². The van der Waals surface area contributed by atoms with E-state index in [1.54, 1.807) is 14.1 Å². The van der Waals surface area contributed by atoms with E-state index in [-0.39, 0.29) is 12.4 Å². The van der Waals surface area contributed by atoms with Crippen molar-refractivity contribution >= 4 is 41.9 Å². The number of hydrogen-bond donors (Lipinski definition) is 0. The van der Waals surface area contributed by atoms with Crippen LogP contribution in [0, 0.1) is 0 Å². The lowest BCUT2D eigenvalue weighted by atomic mass is 10.9. The van der Waals surface area contributed by atoms with E-state index in [4.69, 9.17) is 11.6 Å². The number of carbonyl (C=O) groups excluding carboxylic acids is 2. The maximum atomic E-state index is 9.74. The van der Waals surface area contributed by atoms with Gasteiger partial charge in [0.1, 0.15) is 13.3 Å². The summed E-state index contributed by atoms with van der Waals surface area (Å²) in [5.41, 5.74) is 0. The number of oxime groups is 1. The summed E-state index contributed by atoms with van der Waals surface area (Å²) in [4.78, 5) is 24.7. The molecule has 0 rings (SSSR count). The Kier molecular flexibility index (Phi) is 19.1. The van der Waals surface area contributed by atoms with E-state index in [9.17, 15) is 9.59 Å². The van der Waals surface area contributed by atoms with Gasteiger partial charge in [-0.2, -0.15) is 0 Å². The average Bonchev–Trinajstić information content (AvgIpc) is 2.02. The van der Waals surface area contributed by atoms with Crippen LogP contribution in [0.2, 0.25) is 0 Å². The fourth-order valence-corrected chi connectivity index (χ4v) is 0.134. The molecule has 0 unspecified atom stereocenters. The third-order valence-electron chi connectivity index (χ3n) is 0.470. The van der Waals surface area contributed by atoms with E-state index in [1.807, 2.05) is 0 Å². The van der Waals surface area contributed by atoms with Crippen LogP contribution in [0.1, 0.15) is 0 Å². The highest BCUT2D eigenvalue weighted by Crippen LogP contribution is 1.72. The molecule has 0 aliphatic carbocycles. The highest BCUT2D eigenvalue weighted by Gasteiger charge is 1.82. The molecule has 78 valence electrons. The second kappa shape index (κ2) is 13.8. The minimum absolute atomic E-state index is 0. The predicted octanol–water partition coefficient (Wildman–Crippen LogP) is 0.510. The molecule has 0 N–H and O–H groups in total. The summed E-state index contributed by atoms with van der Waals surface area (Å²) in [6, 6.07) is 0. The Bertz CT molecular complexity index is 162. The van der Waals surface area contributed by atoms with Gasteiger partial charge in [-0.25, -0.2) is 0 Å². The fourth-order valence-electron chi connectivity index (χ4n) is 0.0941. The Labute approximate surface area is 88.1 Å². The smallest absolute Gasteiger partial charge is 0.266 e. The molecule has 0 radical (unpaired) electrons. The molecule has 0 aromatic rings. The molecule has 1 amide bonds. The first-order valence-electron chi connectivity index (χ1n) is 2.92. The maximum Gasteiger partial charge on any atom is 0.266 e. The van der Waals surface area contributed by atoms with Crippen molar-refractivity contribution < 1.29 is 14.4 Å². The fraction of sp³-hybridized carbons (Fsp3) is 0.500. The summed E-state index contributed by atoms with van der Waals surface area (Å²) in [7, 11) is 4.70. The predicted molar refractivity (Wildman–Crippen MR) is 53.4 cm³/mol. The topological polar surface area (TPSA) is 59.0 Å². The Balaban J connectivity index is -0.000000150. The van der Waals surface area contributed by atoms with Crippen LogP contribution < -0.4 is 0 Å². The van der Waals surface area contributed by atoms with E-state index in [0.717, 1.165) is 12.6 Å². The van der Waals surface area contributed by atoms with Gasteiger partial charge in [-0.05, 0) is 11.6 Å². The van der Waals surface area contributed by atoms with Gasteiger partial charge in [0.2, 0.25) is 6.41 Å². The molecular weight excluding hydrogens is 219 g/mol. The van der Waals surface area contributed by atoms with Gasteiger partial charge in [-0.15, -0.1) is 12.4 Å². The van der Waals surface area contributed by atoms with Crippen molar-refractivity contribution in [2.75, 3.05) is 21.2 Å². The van der Waals surface area contributed by atoms with Crippen LogP contribution >= 0.6 is 24.0 Å². The molecule has 0 spiro atoms. The summed E-state index contributed by atoms with van der Waals surface area (Å²) >= 11 is 4.79. The third kappa shape index (κ3) is 35.1. The van der Waals surface area contributed by atoms with Crippen molar-refractivity contribution in [1.82, 2.24) is 4.90 Å². The first-order valence-corrected chi connectivity index (χ1v) is 3.30. The second-order valence-electron chi connectivity index (χ2n) is 1.79. The number of nitrogens with zero attached hydrogens (tertiary/aromatic N) is 2. The van der Waals surface area contributed by atoms with E-state index in [1.165, 1.54) is 12.0 Å². The molecule has 0 aliphatic heterocycles. The van der Waals surface area contributed by atoms with E-state index < -0.39 is 5.24 Å². The molecule has 13 heavy (non-hydrogen) atoms. The molecule has 0 aromatic heterocycles. The largest absolute Gasteiger partial charge is 0.399 e. The second-order valence-corrected chi connectivity index (χ2v) is 2.16. The van der Waals surface area contributed by atoms with Crippen molar-refractivity contribution in [2.45, 2.75) is 0 Å². The number of rotatable bonds is 3. The standard InChI is InChI=1S/C3H4ClNO2.C3H7NO.ClH/c1-7-5-2-3(4)6;1-4(2)3-5;/h2H,1H3;3H,1-2H3;1H. The number of amides is 1. The molecular formula is C6H12Cl2N2O3. The van der Waals surface area contributed by atoms with Gasteiger partial charge in [-0.3, -0.25) is 9.59 Å². The van der Waals surface area contributed by atoms with Crippen molar-refractivity contribution in [3.05, 3.63) is 0 Å². The quantitative estimate of drug-likeness (QED) is 0.307. The van der Waals surface area contributed by atoms with Crippen molar-refractivity contribution in [3.63, 3.8) is 0 Å². The summed E-state index contributed by atoms with van der Waals surface area (Å²) < 4.78 is 0. The maximum absolute atomic E-state index is 9.74. The highest BCUT2D eigenvalue weighted by atomic mass is 35.5. The van der Waals surface area contributed by atoms with Crippen LogP contribution in [0.15, 0.2) is 5.16 Å². The average molecular weight is 231 g/mol. The lowest BCUT2D eigenvalue weighted by Crippen LogP contribution is -2.06. The van der Waals surface area contributed by atoms with Gasteiger partial charge in [-0.1, -0.05) is 5.16 Å². The Morgan fingerprint density at radius 2 is 1.92 bits per heavy atom. The Morgan fingerprint density at radius 1 is 1.54 bits per heavy atom.